The van der Waals surface area contributed by atoms with Gasteiger partial charge in [0.15, 0.2) is 0 Å². The molecule has 0 spiro atoms. The topological polar surface area (TPSA) is 84.9 Å². The Labute approximate surface area is 120 Å². The molecular formula is C14H25NO5. The van der Waals surface area contributed by atoms with Gasteiger partial charge in [-0.1, -0.05) is 12.2 Å². The number of carbonyl (C=O) groups excluding carboxylic acids is 2. The Morgan fingerprint density at radius 3 is 2.35 bits per heavy atom. The van der Waals surface area contributed by atoms with Crippen LogP contribution in [-0.4, -0.2) is 42.0 Å². The maximum absolute atomic E-state index is 11.6. The van der Waals surface area contributed by atoms with E-state index in [1.807, 2.05) is 0 Å². The highest BCUT2D eigenvalue weighted by atomic mass is 16.6. The van der Waals surface area contributed by atoms with Gasteiger partial charge in [0.2, 0.25) is 0 Å². The van der Waals surface area contributed by atoms with Crippen LogP contribution < -0.4 is 5.32 Å². The molecule has 0 radical (unpaired) electrons. The Morgan fingerprint density at radius 1 is 1.30 bits per heavy atom. The molecule has 20 heavy (non-hydrogen) atoms. The van der Waals surface area contributed by atoms with Crippen LogP contribution in [0.1, 0.15) is 40.5 Å². The number of hydrogen-bond donors (Lipinski definition) is 2. The molecule has 0 aliphatic heterocycles. The zero-order valence-electron chi connectivity index (χ0n) is 12.8. The summed E-state index contributed by atoms with van der Waals surface area (Å²) in [6.07, 6.45) is 2.60. The van der Waals surface area contributed by atoms with E-state index >= 15 is 0 Å². The number of ether oxygens (including phenoxy) is 2. The first kappa shape index (κ1) is 18.4. The van der Waals surface area contributed by atoms with E-state index in [0.29, 0.717) is 6.42 Å². The molecule has 1 amide bonds. The normalized spacial score (nSPS) is 14.7. The summed E-state index contributed by atoms with van der Waals surface area (Å²) in [6, 6.07) is -0.473. The monoisotopic (exact) mass is 287 g/mol. The van der Waals surface area contributed by atoms with Gasteiger partial charge in [0.1, 0.15) is 5.60 Å². The largest absolute Gasteiger partial charge is 0.469 e. The van der Waals surface area contributed by atoms with Gasteiger partial charge in [-0.05, 0) is 34.1 Å². The number of carbonyl (C=O) groups is 2. The number of amides is 1. The Bertz CT molecular complexity index is 344. The lowest BCUT2D eigenvalue weighted by Gasteiger charge is -2.24. The Hall–Kier alpha value is -1.56. The summed E-state index contributed by atoms with van der Waals surface area (Å²) in [4.78, 5) is 22.5. The molecule has 0 rings (SSSR count). The first-order chi connectivity index (χ1) is 9.15. The highest BCUT2D eigenvalue weighted by Gasteiger charge is 2.21. The molecule has 0 aliphatic rings. The van der Waals surface area contributed by atoms with Crippen molar-refractivity contribution >= 4 is 12.1 Å². The first-order valence-corrected chi connectivity index (χ1v) is 6.55. The predicted octanol–water partition coefficient (Wildman–Crippen LogP) is 1.77. The molecule has 6 heteroatoms. The maximum Gasteiger partial charge on any atom is 0.407 e. The van der Waals surface area contributed by atoms with Gasteiger partial charge in [-0.15, -0.1) is 0 Å². The van der Waals surface area contributed by atoms with E-state index in [4.69, 9.17) is 4.74 Å². The second-order valence-corrected chi connectivity index (χ2v) is 5.48. The van der Waals surface area contributed by atoms with Crippen molar-refractivity contribution in [3.8, 4) is 0 Å². The summed E-state index contributed by atoms with van der Waals surface area (Å²) in [5, 5.41) is 12.2. The zero-order valence-corrected chi connectivity index (χ0v) is 12.8. The third-order valence-corrected chi connectivity index (χ3v) is 2.35. The Kier molecular flexibility index (Phi) is 7.91. The van der Waals surface area contributed by atoms with Crippen molar-refractivity contribution in [2.24, 2.45) is 0 Å². The van der Waals surface area contributed by atoms with Gasteiger partial charge in [-0.2, -0.15) is 0 Å². The van der Waals surface area contributed by atoms with Crippen LogP contribution in [0.15, 0.2) is 12.2 Å². The molecule has 2 unspecified atom stereocenters. The summed E-state index contributed by atoms with van der Waals surface area (Å²) >= 11 is 0. The summed E-state index contributed by atoms with van der Waals surface area (Å²) in [6.45, 7) is 6.87. The fourth-order valence-corrected chi connectivity index (χ4v) is 1.34. The lowest BCUT2D eigenvalue weighted by Crippen LogP contribution is -2.44. The molecule has 0 aromatic heterocycles. The van der Waals surface area contributed by atoms with Gasteiger partial charge in [0.05, 0.1) is 25.7 Å². The SMILES string of the molecule is COC(=O)C/C=C/CC(NC(=O)OC(C)(C)C)C(C)O. The third-order valence-electron chi connectivity index (χ3n) is 2.35. The molecule has 0 fully saturated rings. The van der Waals surface area contributed by atoms with Crippen LogP contribution in [0, 0.1) is 0 Å². The summed E-state index contributed by atoms with van der Waals surface area (Å²) < 4.78 is 9.62. The number of esters is 1. The van der Waals surface area contributed by atoms with Gasteiger partial charge < -0.3 is 19.9 Å². The number of aliphatic hydroxyl groups is 1. The second kappa shape index (κ2) is 8.58. The fourth-order valence-electron chi connectivity index (χ4n) is 1.34. The second-order valence-electron chi connectivity index (χ2n) is 5.48. The molecule has 0 aromatic rings. The molecule has 0 aromatic carbocycles. The van der Waals surface area contributed by atoms with Crippen LogP contribution in [0.3, 0.4) is 0 Å². The van der Waals surface area contributed by atoms with Crippen molar-refractivity contribution in [2.75, 3.05) is 7.11 Å². The van der Waals surface area contributed by atoms with Gasteiger partial charge in [0.25, 0.3) is 0 Å². The van der Waals surface area contributed by atoms with E-state index in [1.54, 1.807) is 39.8 Å². The molecule has 0 saturated heterocycles. The lowest BCUT2D eigenvalue weighted by atomic mass is 10.1. The Morgan fingerprint density at radius 2 is 1.90 bits per heavy atom. The zero-order chi connectivity index (χ0) is 15.8. The maximum atomic E-state index is 11.6. The van der Waals surface area contributed by atoms with Crippen molar-refractivity contribution in [1.82, 2.24) is 5.32 Å². The summed E-state index contributed by atoms with van der Waals surface area (Å²) in [7, 11) is 1.32. The molecule has 6 nitrogen and oxygen atoms in total. The van der Waals surface area contributed by atoms with Crippen LogP contribution in [0.5, 0.6) is 0 Å². The molecule has 0 bridgehead atoms. The standard InChI is InChI=1S/C14H25NO5/c1-10(16)11(8-6-7-9-12(17)19-5)15-13(18)20-14(2,3)4/h6-7,10-11,16H,8-9H2,1-5H3,(H,15,18)/b7-6+. The number of nitrogens with one attached hydrogen (secondary N) is 1. The average molecular weight is 287 g/mol. The number of aliphatic hydroxyl groups excluding tert-OH is 1. The predicted molar refractivity (Wildman–Crippen MR) is 75.2 cm³/mol. The van der Waals surface area contributed by atoms with Gasteiger partial charge in [-0.3, -0.25) is 4.79 Å². The van der Waals surface area contributed by atoms with Crippen LogP contribution in [0.25, 0.3) is 0 Å². The van der Waals surface area contributed by atoms with Gasteiger partial charge in [0, 0.05) is 0 Å². The summed E-state index contributed by atoms with van der Waals surface area (Å²) in [5.41, 5.74) is -0.589. The number of methoxy groups -OCH3 is 1. The minimum atomic E-state index is -0.731. The molecular weight excluding hydrogens is 262 g/mol. The quantitative estimate of drug-likeness (QED) is 0.574. The van der Waals surface area contributed by atoms with Crippen molar-refractivity contribution in [1.29, 1.82) is 0 Å². The van der Waals surface area contributed by atoms with Crippen LogP contribution in [0.2, 0.25) is 0 Å². The molecule has 2 N–H and O–H groups in total. The minimum Gasteiger partial charge on any atom is -0.469 e. The fraction of sp³-hybridized carbons (Fsp3) is 0.714. The minimum absolute atomic E-state index is 0.162. The van der Waals surface area contributed by atoms with E-state index < -0.39 is 23.8 Å². The number of rotatable bonds is 6. The van der Waals surface area contributed by atoms with E-state index in [-0.39, 0.29) is 12.4 Å². The first-order valence-electron chi connectivity index (χ1n) is 6.55. The molecule has 0 heterocycles. The highest BCUT2D eigenvalue weighted by Crippen LogP contribution is 2.08. The van der Waals surface area contributed by atoms with E-state index in [0.717, 1.165) is 0 Å². The molecule has 0 saturated carbocycles. The lowest BCUT2D eigenvalue weighted by molar-refractivity contribution is -0.139. The summed E-state index contributed by atoms with van der Waals surface area (Å²) in [5.74, 6) is -0.338. The van der Waals surface area contributed by atoms with E-state index in [1.165, 1.54) is 7.11 Å². The Balaban J connectivity index is 4.30. The highest BCUT2D eigenvalue weighted by molar-refractivity contribution is 5.70. The van der Waals surface area contributed by atoms with Gasteiger partial charge >= 0.3 is 12.1 Å². The van der Waals surface area contributed by atoms with Crippen molar-refractivity contribution in [3.63, 3.8) is 0 Å². The molecule has 0 aliphatic carbocycles. The average Bonchev–Trinajstić information content (AvgIpc) is 2.29. The van der Waals surface area contributed by atoms with Gasteiger partial charge in [-0.25, -0.2) is 4.79 Å². The van der Waals surface area contributed by atoms with E-state index in [2.05, 4.69) is 10.1 Å². The molecule has 2 atom stereocenters. The number of alkyl carbamates (subject to hydrolysis) is 1. The third kappa shape index (κ3) is 9.38. The molecule has 116 valence electrons. The van der Waals surface area contributed by atoms with E-state index in [9.17, 15) is 14.7 Å². The van der Waals surface area contributed by atoms with Crippen molar-refractivity contribution in [2.45, 2.75) is 58.3 Å². The van der Waals surface area contributed by atoms with Crippen LogP contribution >= 0.6 is 0 Å². The van der Waals surface area contributed by atoms with Crippen LogP contribution in [0.4, 0.5) is 4.79 Å². The number of hydrogen-bond acceptors (Lipinski definition) is 5. The van der Waals surface area contributed by atoms with Crippen molar-refractivity contribution < 1.29 is 24.2 Å². The van der Waals surface area contributed by atoms with Crippen molar-refractivity contribution in [3.05, 3.63) is 12.2 Å². The van der Waals surface area contributed by atoms with Crippen LogP contribution in [-0.2, 0) is 14.3 Å². The smallest absolute Gasteiger partial charge is 0.407 e.